The van der Waals surface area contributed by atoms with Crippen LogP contribution in [0.25, 0.3) is 0 Å². The van der Waals surface area contributed by atoms with Gasteiger partial charge in [-0.25, -0.2) is 0 Å². The summed E-state index contributed by atoms with van der Waals surface area (Å²) in [5.41, 5.74) is 2.37. The summed E-state index contributed by atoms with van der Waals surface area (Å²) in [6.45, 7) is 8.68. The lowest BCUT2D eigenvalue weighted by molar-refractivity contribution is 0.237. The zero-order valence-electron chi connectivity index (χ0n) is 13.1. The molecule has 2 rings (SSSR count). The first kappa shape index (κ1) is 15.5. The van der Waals surface area contributed by atoms with Gasteiger partial charge in [-0.2, -0.15) is 0 Å². The molecule has 1 N–H and O–H groups in total. The smallest absolute Gasteiger partial charge is 0.0547 e. The molecule has 0 atom stereocenters. The van der Waals surface area contributed by atoms with Gasteiger partial charge in [0.05, 0.1) is 11.4 Å². The molecule has 20 heavy (non-hydrogen) atoms. The van der Waals surface area contributed by atoms with Crippen molar-refractivity contribution in [1.29, 1.82) is 0 Å². The van der Waals surface area contributed by atoms with Crippen LogP contribution in [0.1, 0.15) is 57.3 Å². The van der Waals surface area contributed by atoms with Crippen molar-refractivity contribution in [3.05, 3.63) is 29.6 Å². The molecule has 1 saturated heterocycles. The Morgan fingerprint density at radius 2 is 1.70 bits per heavy atom. The van der Waals surface area contributed by atoms with Crippen molar-refractivity contribution < 1.29 is 0 Å². The van der Waals surface area contributed by atoms with E-state index in [-0.39, 0.29) is 0 Å². The van der Waals surface area contributed by atoms with E-state index >= 15 is 0 Å². The lowest BCUT2D eigenvalue weighted by Crippen LogP contribution is -2.27. The number of rotatable bonds is 5. The van der Waals surface area contributed by atoms with Crippen LogP contribution in [0, 0.1) is 0 Å². The van der Waals surface area contributed by atoms with E-state index in [0.717, 1.165) is 18.8 Å². The van der Waals surface area contributed by atoms with Crippen molar-refractivity contribution in [1.82, 2.24) is 15.2 Å². The maximum atomic E-state index is 4.79. The van der Waals surface area contributed by atoms with Crippen LogP contribution in [-0.2, 0) is 13.1 Å². The molecule has 1 aromatic heterocycles. The molecule has 3 heteroatoms. The van der Waals surface area contributed by atoms with Crippen molar-refractivity contribution in [2.45, 2.75) is 65.1 Å². The van der Waals surface area contributed by atoms with Gasteiger partial charge in [0.2, 0.25) is 0 Å². The molecule has 0 amide bonds. The van der Waals surface area contributed by atoms with Gasteiger partial charge >= 0.3 is 0 Å². The summed E-state index contributed by atoms with van der Waals surface area (Å²) >= 11 is 0. The Morgan fingerprint density at radius 3 is 2.40 bits per heavy atom. The fourth-order valence-corrected chi connectivity index (χ4v) is 2.72. The highest BCUT2D eigenvalue weighted by Crippen LogP contribution is 2.13. The first-order valence-electron chi connectivity index (χ1n) is 8.14. The van der Waals surface area contributed by atoms with Crippen LogP contribution in [0.5, 0.6) is 0 Å². The molecule has 112 valence electrons. The molecule has 0 radical (unpaired) electrons. The number of aromatic nitrogens is 1. The SMILES string of the molecule is CC(C)NCc1cccc(CN2CCCCCCC2)n1. The van der Waals surface area contributed by atoms with Gasteiger partial charge in [-0.1, -0.05) is 39.2 Å². The Labute approximate surface area is 123 Å². The first-order valence-corrected chi connectivity index (χ1v) is 8.14. The fourth-order valence-electron chi connectivity index (χ4n) is 2.72. The normalized spacial score (nSPS) is 17.9. The van der Waals surface area contributed by atoms with Gasteiger partial charge in [-0.05, 0) is 38.1 Å². The van der Waals surface area contributed by atoms with E-state index < -0.39 is 0 Å². The molecular weight excluding hydrogens is 246 g/mol. The summed E-state index contributed by atoms with van der Waals surface area (Å²) in [6, 6.07) is 6.93. The minimum Gasteiger partial charge on any atom is -0.309 e. The third kappa shape index (κ3) is 5.59. The Morgan fingerprint density at radius 1 is 1.05 bits per heavy atom. The molecule has 0 aromatic carbocycles. The summed E-state index contributed by atoms with van der Waals surface area (Å²) in [4.78, 5) is 7.36. The van der Waals surface area contributed by atoms with Crippen LogP contribution in [0.3, 0.4) is 0 Å². The Hall–Kier alpha value is -0.930. The van der Waals surface area contributed by atoms with Crippen molar-refractivity contribution in [2.75, 3.05) is 13.1 Å². The number of hydrogen-bond donors (Lipinski definition) is 1. The zero-order valence-corrected chi connectivity index (χ0v) is 13.1. The van der Waals surface area contributed by atoms with Gasteiger partial charge in [-0.15, -0.1) is 0 Å². The van der Waals surface area contributed by atoms with E-state index in [2.05, 4.69) is 42.3 Å². The topological polar surface area (TPSA) is 28.2 Å². The highest BCUT2D eigenvalue weighted by molar-refractivity contribution is 5.11. The second-order valence-corrected chi connectivity index (χ2v) is 6.20. The maximum Gasteiger partial charge on any atom is 0.0547 e. The average molecular weight is 275 g/mol. The number of pyridine rings is 1. The molecule has 1 aliphatic heterocycles. The van der Waals surface area contributed by atoms with E-state index in [1.165, 1.54) is 50.9 Å². The average Bonchev–Trinajstić information content (AvgIpc) is 2.40. The minimum absolute atomic E-state index is 0.509. The largest absolute Gasteiger partial charge is 0.309 e. The summed E-state index contributed by atoms with van der Waals surface area (Å²) in [5, 5.41) is 3.43. The Balaban J connectivity index is 1.89. The van der Waals surface area contributed by atoms with Crippen LogP contribution >= 0.6 is 0 Å². The predicted octanol–water partition coefficient (Wildman–Crippen LogP) is 3.35. The molecular formula is C17H29N3. The Bertz CT molecular complexity index is 382. The highest BCUT2D eigenvalue weighted by Gasteiger charge is 2.09. The van der Waals surface area contributed by atoms with Crippen LogP contribution < -0.4 is 5.32 Å². The maximum absolute atomic E-state index is 4.79. The van der Waals surface area contributed by atoms with E-state index in [1.807, 2.05) is 0 Å². The summed E-state index contributed by atoms with van der Waals surface area (Å²) in [6.07, 6.45) is 6.89. The molecule has 0 aliphatic carbocycles. The first-order chi connectivity index (χ1) is 9.74. The third-order valence-corrected chi connectivity index (χ3v) is 3.89. The monoisotopic (exact) mass is 275 g/mol. The number of likely N-dealkylation sites (tertiary alicyclic amines) is 1. The quantitative estimate of drug-likeness (QED) is 0.893. The van der Waals surface area contributed by atoms with Gasteiger partial charge in [0, 0.05) is 19.1 Å². The van der Waals surface area contributed by atoms with Crippen molar-refractivity contribution in [2.24, 2.45) is 0 Å². The predicted molar refractivity (Wildman–Crippen MR) is 84.6 cm³/mol. The van der Waals surface area contributed by atoms with Crippen LogP contribution in [0.15, 0.2) is 18.2 Å². The van der Waals surface area contributed by atoms with Crippen LogP contribution in [0.2, 0.25) is 0 Å². The molecule has 3 nitrogen and oxygen atoms in total. The number of nitrogens with one attached hydrogen (secondary N) is 1. The zero-order chi connectivity index (χ0) is 14.2. The van der Waals surface area contributed by atoms with Gasteiger partial charge in [0.15, 0.2) is 0 Å². The molecule has 0 bridgehead atoms. The molecule has 1 fully saturated rings. The van der Waals surface area contributed by atoms with E-state index in [9.17, 15) is 0 Å². The van der Waals surface area contributed by atoms with Crippen molar-refractivity contribution >= 4 is 0 Å². The lowest BCUT2D eigenvalue weighted by Gasteiger charge is -2.24. The molecule has 0 saturated carbocycles. The Kier molecular flexibility index (Phi) is 6.48. The summed E-state index contributed by atoms with van der Waals surface area (Å²) in [7, 11) is 0. The number of hydrogen-bond acceptors (Lipinski definition) is 3. The van der Waals surface area contributed by atoms with Gasteiger partial charge in [-0.3, -0.25) is 9.88 Å². The standard InChI is InChI=1S/C17H29N3/c1-15(2)18-13-16-9-8-10-17(19-16)14-20-11-6-4-3-5-7-12-20/h8-10,15,18H,3-7,11-14H2,1-2H3. The molecule has 0 unspecified atom stereocenters. The second kappa shape index (κ2) is 8.38. The second-order valence-electron chi connectivity index (χ2n) is 6.20. The van der Waals surface area contributed by atoms with Gasteiger partial charge in [0.25, 0.3) is 0 Å². The van der Waals surface area contributed by atoms with Gasteiger partial charge < -0.3 is 5.32 Å². The molecule has 0 spiro atoms. The number of nitrogens with zero attached hydrogens (tertiary/aromatic N) is 2. The van der Waals surface area contributed by atoms with Crippen molar-refractivity contribution in [3.8, 4) is 0 Å². The highest BCUT2D eigenvalue weighted by atomic mass is 15.1. The fraction of sp³-hybridized carbons (Fsp3) is 0.706. The third-order valence-electron chi connectivity index (χ3n) is 3.89. The van der Waals surface area contributed by atoms with E-state index in [4.69, 9.17) is 4.98 Å². The summed E-state index contributed by atoms with van der Waals surface area (Å²) in [5.74, 6) is 0. The van der Waals surface area contributed by atoms with E-state index in [0.29, 0.717) is 6.04 Å². The summed E-state index contributed by atoms with van der Waals surface area (Å²) < 4.78 is 0. The van der Waals surface area contributed by atoms with Gasteiger partial charge in [0.1, 0.15) is 0 Å². The van der Waals surface area contributed by atoms with Crippen LogP contribution in [-0.4, -0.2) is 29.0 Å². The van der Waals surface area contributed by atoms with Crippen LogP contribution in [0.4, 0.5) is 0 Å². The lowest BCUT2D eigenvalue weighted by atomic mass is 10.1. The van der Waals surface area contributed by atoms with Crippen molar-refractivity contribution in [3.63, 3.8) is 0 Å². The van der Waals surface area contributed by atoms with E-state index in [1.54, 1.807) is 0 Å². The molecule has 1 aromatic rings. The molecule has 1 aliphatic rings. The minimum atomic E-state index is 0.509. The molecule has 2 heterocycles.